The van der Waals surface area contributed by atoms with Gasteiger partial charge in [0.15, 0.2) is 0 Å². The Morgan fingerprint density at radius 1 is 1.29 bits per heavy atom. The maximum Gasteiger partial charge on any atom is 0.253 e. The normalized spacial score (nSPS) is 10.1. The summed E-state index contributed by atoms with van der Waals surface area (Å²) in [6, 6.07) is 9.36. The lowest BCUT2D eigenvalue weighted by molar-refractivity contribution is 0.0964. The van der Waals surface area contributed by atoms with Crippen molar-refractivity contribution < 1.29 is 4.79 Å². The quantitative estimate of drug-likeness (QED) is 0.734. The van der Waals surface area contributed by atoms with Crippen LogP contribution >= 0.6 is 0 Å². The summed E-state index contributed by atoms with van der Waals surface area (Å²) in [7, 11) is 1.62. The molecule has 0 aliphatic carbocycles. The lowest BCUT2D eigenvalue weighted by atomic mass is 10.1. The minimum Gasteiger partial charge on any atom is -0.355 e. The van der Waals surface area contributed by atoms with Crippen LogP contribution in [-0.4, -0.2) is 17.9 Å². The molecule has 2 aromatic rings. The van der Waals surface area contributed by atoms with E-state index in [1.54, 1.807) is 19.3 Å². The van der Waals surface area contributed by atoms with Crippen molar-refractivity contribution in [3.8, 4) is 0 Å². The van der Waals surface area contributed by atoms with E-state index in [0.717, 1.165) is 10.9 Å². The molecule has 0 saturated carbocycles. The molecule has 0 saturated heterocycles. The summed E-state index contributed by atoms with van der Waals surface area (Å²) in [6.45, 7) is 0. The number of hydrogen-bond acceptors (Lipinski definition) is 2. The van der Waals surface area contributed by atoms with E-state index in [1.807, 2.05) is 24.3 Å². The largest absolute Gasteiger partial charge is 0.355 e. The molecular formula is C11H10N2O. The summed E-state index contributed by atoms with van der Waals surface area (Å²) < 4.78 is 0. The van der Waals surface area contributed by atoms with Crippen LogP contribution in [0.25, 0.3) is 10.9 Å². The number of nitrogens with zero attached hydrogens (tertiary/aromatic N) is 1. The zero-order chi connectivity index (χ0) is 9.97. The first kappa shape index (κ1) is 8.69. The van der Waals surface area contributed by atoms with Crippen LogP contribution in [-0.2, 0) is 0 Å². The first-order chi connectivity index (χ1) is 6.83. The number of pyridine rings is 1. The van der Waals surface area contributed by atoms with E-state index in [0.29, 0.717) is 5.56 Å². The molecule has 1 amide bonds. The molecule has 0 unspecified atom stereocenters. The number of amides is 1. The highest BCUT2D eigenvalue weighted by molar-refractivity contribution is 6.05. The molecule has 0 bridgehead atoms. The van der Waals surface area contributed by atoms with Gasteiger partial charge in [0.05, 0.1) is 11.1 Å². The Morgan fingerprint density at radius 2 is 2.07 bits per heavy atom. The van der Waals surface area contributed by atoms with E-state index in [2.05, 4.69) is 10.3 Å². The van der Waals surface area contributed by atoms with Gasteiger partial charge < -0.3 is 5.32 Å². The maximum absolute atomic E-state index is 11.5. The minimum atomic E-state index is -0.103. The third-order valence-electron chi connectivity index (χ3n) is 2.10. The minimum absolute atomic E-state index is 0.103. The molecule has 3 nitrogen and oxygen atoms in total. The highest BCUT2D eigenvalue weighted by atomic mass is 16.1. The van der Waals surface area contributed by atoms with Gasteiger partial charge in [0.2, 0.25) is 0 Å². The van der Waals surface area contributed by atoms with Gasteiger partial charge in [-0.05, 0) is 12.1 Å². The van der Waals surface area contributed by atoms with Gasteiger partial charge in [-0.1, -0.05) is 18.2 Å². The molecule has 1 N–H and O–H groups in total. The number of para-hydroxylation sites is 1. The summed E-state index contributed by atoms with van der Waals surface area (Å²) in [6.07, 6.45) is 1.69. The van der Waals surface area contributed by atoms with Crippen molar-refractivity contribution >= 4 is 16.8 Å². The van der Waals surface area contributed by atoms with Gasteiger partial charge in [-0.3, -0.25) is 9.78 Å². The fraction of sp³-hybridized carbons (Fsp3) is 0.0909. The average molecular weight is 186 g/mol. The summed E-state index contributed by atoms with van der Waals surface area (Å²) in [5, 5.41) is 3.57. The Balaban J connectivity index is 2.71. The van der Waals surface area contributed by atoms with Crippen molar-refractivity contribution in [2.45, 2.75) is 0 Å². The molecule has 2 rings (SSSR count). The summed E-state index contributed by atoms with van der Waals surface area (Å²) >= 11 is 0. The predicted molar refractivity (Wildman–Crippen MR) is 55.1 cm³/mol. The van der Waals surface area contributed by atoms with Gasteiger partial charge in [0.1, 0.15) is 0 Å². The topological polar surface area (TPSA) is 42.0 Å². The second-order valence-electron chi connectivity index (χ2n) is 2.96. The van der Waals surface area contributed by atoms with Crippen LogP contribution in [0.15, 0.2) is 36.5 Å². The van der Waals surface area contributed by atoms with Crippen molar-refractivity contribution in [3.05, 3.63) is 42.1 Å². The molecule has 0 aliphatic rings. The molecule has 70 valence electrons. The van der Waals surface area contributed by atoms with Crippen molar-refractivity contribution in [2.24, 2.45) is 0 Å². The van der Waals surface area contributed by atoms with Crippen LogP contribution in [0.1, 0.15) is 10.4 Å². The predicted octanol–water partition coefficient (Wildman–Crippen LogP) is 1.59. The molecular weight excluding hydrogens is 176 g/mol. The van der Waals surface area contributed by atoms with Crippen LogP contribution in [0.5, 0.6) is 0 Å². The Labute approximate surface area is 81.8 Å². The van der Waals surface area contributed by atoms with Gasteiger partial charge in [-0.15, -0.1) is 0 Å². The van der Waals surface area contributed by atoms with E-state index in [4.69, 9.17) is 0 Å². The molecule has 1 aromatic heterocycles. The van der Waals surface area contributed by atoms with E-state index in [-0.39, 0.29) is 5.91 Å². The van der Waals surface area contributed by atoms with Crippen molar-refractivity contribution in [1.82, 2.24) is 10.3 Å². The van der Waals surface area contributed by atoms with E-state index >= 15 is 0 Å². The number of nitrogens with one attached hydrogen (secondary N) is 1. The third kappa shape index (κ3) is 1.33. The number of aromatic nitrogens is 1. The van der Waals surface area contributed by atoms with Crippen LogP contribution in [0.2, 0.25) is 0 Å². The molecule has 1 heterocycles. The molecule has 14 heavy (non-hydrogen) atoms. The number of benzene rings is 1. The Kier molecular flexibility index (Phi) is 2.14. The lowest BCUT2D eigenvalue weighted by Crippen LogP contribution is -2.18. The third-order valence-corrected chi connectivity index (χ3v) is 2.10. The molecule has 3 heteroatoms. The van der Waals surface area contributed by atoms with Gasteiger partial charge in [0.25, 0.3) is 5.91 Å². The highest BCUT2D eigenvalue weighted by Crippen LogP contribution is 2.15. The Morgan fingerprint density at radius 3 is 2.86 bits per heavy atom. The average Bonchev–Trinajstić information content (AvgIpc) is 2.27. The maximum atomic E-state index is 11.5. The zero-order valence-electron chi connectivity index (χ0n) is 7.82. The second-order valence-corrected chi connectivity index (χ2v) is 2.96. The standard InChI is InChI=1S/C11H10N2O/c1-12-11(14)9-6-2-4-8-5-3-7-13-10(8)9/h2-7H,1H3,(H,12,14). The smallest absolute Gasteiger partial charge is 0.253 e. The molecule has 0 spiro atoms. The van der Waals surface area contributed by atoms with Crippen molar-refractivity contribution in [3.63, 3.8) is 0 Å². The summed E-state index contributed by atoms with van der Waals surface area (Å²) in [5.41, 5.74) is 1.36. The van der Waals surface area contributed by atoms with E-state index in [1.165, 1.54) is 0 Å². The molecule has 0 aliphatic heterocycles. The van der Waals surface area contributed by atoms with Crippen molar-refractivity contribution in [1.29, 1.82) is 0 Å². The van der Waals surface area contributed by atoms with Gasteiger partial charge in [0, 0.05) is 18.6 Å². The highest BCUT2D eigenvalue weighted by Gasteiger charge is 2.07. The molecule has 0 radical (unpaired) electrons. The molecule has 0 atom stereocenters. The van der Waals surface area contributed by atoms with Crippen LogP contribution in [0, 0.1) is 0 Å². The van der Waals surface area contributed by atoms with Crippen LogP contribution in [0.3, 0.4) is 0 Å². The second kappa shape index (κ2) is 3.46. The molecule has 1 aromatic carbocycles. The number of hydrogen-bond donors (Lipinski definition) is 1. The Bertz CT molecular complexity index is 474. The van der Waals surface area contributed by atoms with Gasteiger partial charge in [-0.2, -0.15) is 0 Å². The monoisotopic (exact) mass is 186 g/mol. The first-order valence-electron chi connectivity index (χ1n) is 4.39. The number of rotatable bonds is 1. The first-order valence-corrected chi connectivity index (χ1v) is 4.39. The van der Waals surface area contributed by atoms with Gasteiger partial charge in [-0.25, -0.2) is 0 Å². The van der Waals surface area contributed by atoms with Gasteiger partial charge >= 0.3 is 0 Å². The van der Waals surface area contributed by atoms with E-state index in [9.17, 15) is 4.79 Å². The summed E-state index contributed by atoms with van der Waals surface area (Å²) in [4.78, 5) is 15.7. The molecule has 0 fully saturated rings. The lowest BCUT2D eigenvalue weighted by Gasteiger charge is -2.03. The van der Waals surface area contributed by atoms with E-state index < -0.39 is 0 Å². The summed E-state index contributed by atoms with van der Waals surface area (Å²) in [5.74, 6) is -0.103. The number of carbonyl (C=O) groups excluding carboxylic acids is 1. The van der Waals surface area contributed by atoms with Crippen LogP contribution in [0.4, 0.5) is 0 Å². The SMILES string of the molecule is CNC(=O)c1cccc2cccnc12. The fourth-order valence-electron chi connectivity index (χ4n) is 1.42. The zero-order valence-corrected chi connectivity index (χ0v) is 7.82. The number of carbonyl (C=O) groups is 1. The number of fused-ring (bicyclic) bond motifs is 1. The van der Waals surface area contributed by atoms with Crippen LogP contribution < -0.4 is 5.32 Å². The Hall–Kier alpha value is -1.90. The fourth-order valence-corrected chi connectivity index (χ4v) is 1.42. The van der Waals surface area contributed by atoms with Crippen molar-refractivity contribution in [2.75, 3.05) is 7.05 Å².